The van der Waals surface area contributed by atoms with Gasteiger partial charge in [0, 0.05) is 45.5 Å². The number of rotatable bonds is 8. The third-order valence-electron chi connectivity index (χ3n) is 5.31. The highest BCUT2D eigenvalue weighted by molar-refractivity contribution is 5.85. The molecule has 8 nitrogen and oxygen atoms in total. The van der Waals surface area contributed by atoms with Crippen LogP contribution in [-0.4, -0.2) is 82.9 Å². The average molecular weight is 389 g/mol. The standard InChI is InChI=1S/C20H32N6O2/c1-5-25-9-11-26(12-10-25)8-6-7-21-17(27)14-28-20-18-15(2)13-16(3)22-19(18)24(4)23-20/h13H,5-12,14H2,1-4H3,(H,21,27). The molecular formula is C20H32N6O2. The molecule has 1 aliphatic rings. The van der Waals surface area contributed by atoms with E-state index in [4.69, 9.17) is 4.74 Å². The number of carbonyl (C=O) groups excluding carboxylic acids is 1. The lowest BCUT2D eigenvalue weighted by Gasteiger charge is -2.33. The molecule has 0 spiro atoms. The van der Waals surface area contributed by atoms with Crippen molar-refractivity contribution < 1.29 is 9.53 Å². The van der Waals surface area contributed by atoms with Crippen LogP contribution in [0.3, 0.4) is 0 Å². The lowest BCUT2D eigenvalue weighted by Crippen LogP contribution is -2.46. The smallest absolute Gasteiger partial charge is 0.258 e. The summed E-state index contributed by atoms with van der Waals surface area (Å²) in [5.74, 6) is 0.346. The molecule has 0 unspecified atom stereocenters. The first-order chi connectivity index (χ1) is 13.5. The number of fused-ring (bicyclic) bond motifs is 1. The highest BCUT2D eigenvalue weighted by atomic mass is 16.5. The van der Waals surface area contributed by atoms with Crippen molar-refractivity contribution in [1.29, 1.82) is 0 Å². The largest absolute Gasteiger partial charge is 0.466 e. The van der Waals surface area contributed by atoms with Crippen molar-refractivity contribution in [2.75, 3.05) is 52.4 Å². The number of likely N-dealkylation sites (N-methyl/N-ethyl adjacent to an activating group) is 1. The van der Waals surface area contributed by atoms with Gasteiger partial charge in [0.25, 0.3) is 5.91 Å². The summed E-state index contributed by atoms with van der Waals surface area (Å²) in [5, 5.41) is 8.18. The van der Waals surface area contributed by atoms with Crippen molar-refractivity contribution in [1.82, 2.24) is 29.9 Å². The van der Waals surface area contributed by atoms with Gasteiger partial charge in [0.15, 0.2) is 12.3 Å². The summed E-state index contributed by atoms with van der Waals surface area (Å²) >= 11 is 0. The Bertz CT molecular complexity index is 811. The van der Waals surface area contributed by atoms with Gasteiger partial charge in [-0.1, -0.05) is 6.92 Å². The van der Waals surface area contributed by atoms with Crippen molar-refractivity contribution in [2.45, 2.75) is 27.2 Å². The van der Waals surface area contributed by atoms with E-state index in [9.17, 15) is 4.79 Å². The Morgan fingerprint density at radius 3 is 2.64 bits per heavy atom. The number of nitrogens with zero attached hydrogens (tertiary/aromatic N) is 5. The van der Waals surface area contributed by atoms with Crippen molar-refractivity contribution in [2.24, 2.45) is 7.05 Å². The molecule has 0 aromatic carbocycles. The van der Waals surface area contributed by atoms with Gasteiger partial charge in [-0.2, -0.15) is 0 Å². The predicted molar refractivity (Wildman–Crippen MR) is 110 cm³/mol. The highest BCUT2D eigenvalue weighted by Crippen LogP contribution is 2.26. The number of hydrogen-bond donors (Lipinski definition) is 1. The summed E-state index contributed by atoms with van der Waals surface area (Å²) in [7, 11) is 1.83. The Labute approximate surface area is 166 Å². The first-order valence-corrected chi connectivity index (χ1v) is 10.1. The van der Waals surface area contributed by atoms with Crippen LogP contribution in [0.15, 0.2) is 6.07 Å². The number of carbonyl (C=O) groups is 1. The molecule has 1 fully saturated rings. The number of piperazine rings is 1. The van der Waals surface area contributed by atoms with Crippen molar-refractivity contribution in [3.05, 3.63) is 17.3 Å². The van der Waals surface area contributed by atoms with Crippen LogP contribution in [0.5, 0.6) is 5.88 Å². The van der Waals surface area contributed by atoms with Crippen LogP contribution in [0.4, 0.5) is 0 Å². The molecular weight excluding hydrogens is 356 g/mol. The fourth-order valence-electron chi connectivity index (χ4n) is 3.69. The van der Waals surface area contributed by atoms with Gasteiger partial charge >= 0.3 is 0 Å². The third-order valence-corrected chi connectivity index (χ3v) is 5.31. The fraction of sp³-hybridized carbons (Fsp3) is 0.650. The van der Waals surface area contributed by atoms with Crippen LogP contribution in [0, 0.1) is 13.8 Å². The molecule has 0 bridgehead atoms. The highest BCUT2D eigenvalue weighted by Gasteiger charge is 2.16. The Morgan fingerprint density at radius 1 is 1.21 bits per heavy atom. The molecule has 1 aliphatic heterocycles. The first-order valence-electron chi connectivity index (χ1n) is 10.1. The fourth-order valence-corrected chi connectivity index (χ4v) is 3.69. The summed E-state index contributed by atoms with van der Waals surface area (Å²) in [6, 6.07) is 2.00. The van der Waals surface area contributed by atoms with Crippen molar-refractivity contribution in [3.63, 3.8) is 0 Å². The molecule has 0 saturated carbocycles. The van der Waals surface area contributed by atoms with E-state index in [0.29, 0.717) is 12.4 Å². The Kier molecular flexibility index (Phi) is 6.85. The molecule has 2 aromatic heterocycles. The van der Waals surface area contributed by atoms with E-state index in [0.717, 1.165) is 68.0 Å². The molecule has 28 heavy (non-hydrogen) atoms. The van der Waals surface area contributed by atoms with Gasteiger partial charge in [-0.25, -0.2) is 9.67 Å². The molecule has 8 heteroatoms. The van der Waals surface area contributed by atoms with Crippen LogP contribution < -0.4 is 10.1 Å². The van der Waals surface area contributed by atoms with Crippen LogP contribution in [0.1, 0.15) is 24.6 Å². The molecule has 0 atom stereocenters. The predicted octanol–water partition coefficient (Wildman–Crippen LogP) is 1.11. The van der Waals surface area contributed by atoms with Crippen LogP contribution in [0.2, 0.25) is 0 Å². The first kappa shape index (κ1) is 20.5. The molecule has 0 radical (unpaired) electrons. The second-order valence-electron chi connectivity index (χ2n) is 7.48. The molecule has 1 N–H and O–H groups in total. The average Bonchev–Trinajstić information content (AvgIpc) is 3.00. The number of aryl methyl sites for hydroxylation is 3. The Morgan fingerprint density at radius 2 is 1.93 bits per heavy atom. The number of hydrogen-bond acceptors (Lipinski definition) is 6. The third kappa shape index (κ3) is 4.99. The van der Waals surface area contributed by atoms with E-state index < -0.39 is 0 Å². The van der Waals surface area contributed by atoms with Crippen LogP contribution in [0.25, 0.3) is 11.0 Å². The van der Waals surface area contributed by atoms with E-state index in [2.05, 4.69) is 32.1 Å². The van der Waals surface area contributed by atoms with E-state index >= 15 is 0 Å². The topological polar surface area (TPSA) is 75.5 Å². The summed E-state index contributed by atoms with van der Waals surface area (Å²) in [4.78, 5) is 21.6. The summed E-state index contributed by atoms with van der Waals surface area (Å²) in [6.45, 7) is 13.5. The summed E-state index contributed by atoms with van der Waals surface area (Å²) < 4.78 is 7.39. The van der Waals surface area contributed by atoms with Crippen molar-refractivity contribution in [3.8, 4) is 5.88 Å². The monoisotopic (exact) mass is 388 g/mol. The second-order valence-corrected chi connectivity index (χ2v) is 7.48. The maximum absolute atomic E-state index is 12.1. The lowest BCUT2D eigenvalue weighted by molar-refractivity contribution is -0.123. The van der Waals surface area contributed by atoms with Gasteiger partial charge < -0.3 is 19.9 Å². The molecule has 3 heterocycles. The maximum atomic E-state index is 12.1. The van der Waals surface area contributed by atoms with Crippen molar-refractivity contribution >= 4 is 16.9 Å². The minimum Gasteiger partial charge on any atom is -0.466 e. The molecule has 0 aliphatic carbocycles. The van der Waals surface area contributed by atoms with Gasteiger partial charge in [-0.15, -0.1) is 5.10 Å². The SMILES string of the molecule is CCN1CCN(CCCNC(=O)COc2nn(C)c3nc(C)cc(C)c23)CC1. The van der Waals surface area contributed by atoms with Gasteiger partial charge in [-0.05, 0) is 45.0 Å². The molecule has 2 aromatic rings. The number of ether oxygens (including phenoxy) is 1. The van der Waals surface area contributed by atoms with E-state index in [1.54, 1.807) is 4.68 Å². The molecule has 1 amide bonds. The summed E-state index contributed by atoms with van der Waals surface area (Å²) in [6.07, 6.45) is 0.951. The number of pyridine rings is 1. The Hall–Kier alpha value is -2.19. The Balaban J connectivity index is 1.41. The van der Waals surface area contributed by atoms with Gasteiger partial charge in [0.1, 0.15) is 0 Å². The van der Waals surface area contributed by atoms with E-state index in [1.807, 2.05) is 27.0 Å². The quantitative estimate of drug-likeness (QED) is 0.683. The number of aromatic nitrogens is 3. The number of amides is 1. The minimum absolute atomic E-state index is 0.0331. The van der Waals surface area contributed by atoms with Crippen LogP contribution >= 0.6 is 0 Å². The zero-order chi connectivity index (χ0) is 20.1. The normalized spacial score (nSPS) is 15.9. The second kappa shape index (κ2) is 9.34. The van der Waals surface area contributed by atoms with Crippen LogP contribution in [-0.2, 0) is 11.8 Å². The molecule has 154 valence electrons. The van der Waals surface area contributed by atoms with E-state index in [-0.39, 0.29) is 12.5 Å². The lowest BCUT2D eigenvalue weighted by atomic mass is 10.2. The maximum Gasteiger partial charge on any atom is 0.258 e. The molecule has 3 rings (SSSR count). The molecule has 1 saturated heterocycles. The zero-order valence-corrected chi connectivity index (χ0v) is 17.5. The summed E-state index contributed by atoms with van der Waals surface area (Å²) in [5.41, 5.74) is 2.76. The van der Waals surface area contributed by atoms with Gasteiger partial charge in [-0.3, -0.25) is 4.79 Å². The van der Waals surface area contributed by atoms with Gasteiger partial charge in [0.2, 0.25) is 5.88 Å². The minimum atomic E-state index is -0.118. The van der Waals surface area contributed by atoms with E-state index in [1.165, 1.54) is 0 Å². The zero-order valence-electron chi connectivity index (χ0n) is 17.5. The number of nitrogens with one attached hydrogen (secondary N) is 1. The van der Waals surface area contributed by atoms with Gasteiger partial charge in [0.05, 0.1) is 5.39 Å².